The highest BCUT2D eigenvalue weighted by molar-refractivity contribution is 8.05. The molecule has 0 radical (unpaired) electrons. The van der Waals surface area contributed by atoms with E-state index in [0.29, 0.717) is 5.69 Å². The van der Waals surface area contributed by atoms with Gasteiger partial charge in [-0.25, -0.2) is 0 Å². The van der Waals surface area contributed by atoms with E-state index < -0.39 is 0 Å². The molecule has 12 rings (SSSR count). The minimum Gasteiger partial charge on any atom is -0.505 e. The number of rotatable bonds is 9. The molecule has 1 aromatic heterocycles. The number of aromatic hydroxyl groups is 1. The first-order valence-corrected chi connectivity index (χ1v) is 24.4. The average molecular weight is 901 g/mol. The summed E-state index contributed by atoms with van der Waals surface area (Å²) in [5, 5.41) is 15.3. The fourth-order valence-corrected chi connectivity index (χ4v) is 12.3. The largest absolute Gasteiger partial charge is 0.505 e. The highest BCUT2D eigenvalue weighted by Gasteiger charge is 2.26. The summed E-state index contributed by atoms with van der Waals surface area (Å²) < 4.78 is 2.47. The maximum absolute atomic E-state index is 12.9. The number of hydrogen-bond acceptors (Lipinski definition) is 6. The molecule has 0 bridgehead atoms. The lowest BCUT2D eigenvalue weighted by atomic mass is 9.99. The molecule has 0 saturated carbocycles. The summed E-state index contributed by atoms with van der Waals surface area (Å²) >= 11 is 5.44. The molecule has 66 heavy (non-hydrogen) atoms. The number of anilines is 6. The second-order valence-electron chi connectivity index (χ2n) is 16.3. The lowest BCUT2D eigenvalue weighted by Crippen LogP contribution is -2.14. The van der Waals surface area contributed by atoms with Crippen molar-refractivity contribution in [3.8, 4) is 39.1 Å². The molecular weight excluding hydrogens is 861 g/mol. The third-order valence-electron chi connectivity index (χ3n) is 12.2. The number of phenolic OH excluding ortho intramolecular Hbond substituents is 1. The van der Waals surface area contributed by atoms with Crippen molar-refractivity contribution in [1.82, 2.24) is 0 Å². The minimum atomic E-state index is 0.195. The molecule has 0 unspecified atom stereocenters. The molecule has 0 aliphatic carbocycles. The lowest BCUT2D eigenvalue weighted by molar-refractivity contribution is 0.478. The quantitative estimate of drug-likeness (QED) is 0.156. The van der Waals surface area contributed by atoms with Crippen LogP contribution >= 0.6 is 34.9 Å². The number of nitrogens with zero attached hydrogens (tertiary/aromatic N) is 2. The SMILES string of the molecule is Oc1c(-c2ccccc2)cc(N(c2ccc(-c3ccccc3)cc2)c2ccc3c(c2)Sc2ccccc2S3)cc1N(c1ccc(-c2ccccc2)cc1)c1ccc2sc3ccccc3c2c1. The molecule has 0 saturated heterocycles. The number of hydrogen-bond donors (Lipinski definition) is 1. The van der Waals surface area contributed by atoms with Crippen LogP contribution in [0.2, 0.25) is 0 Å². The van der Waals surface area contributed by atoms with Gasteiger partial charge in [0.2, 0.25) is 0 Å². The zero-order chi connectivity index (χ0) is 44.0. The smallest absolute Gasteiger partial charge is 0.147 e. The van der Waals surface area contributed by atoms with Crippen molar-refractivity contribution in [1.29, 1.82) is 0 Å². The molecule has 0 fully saturated rings. The van der Waals surface area contributed by atoms with E-state index in [2.05, 4.69) is 222 Å². The third kappa shape index (κ3) is 7.49. The van der Waals surface area contributed by atoms with Gasteiger partial charge < -0.3 is 14.9 Å². The Kier molecular flexibility index (Phi) is 10.4. The van der Waals surface area contributed by atoms with Crippen LogP contribution in [0.3, 0.4) is 0 Å². The first-order valence-electron chi connectivity index (χ1n) is 22.0. The standard InChI is InChI=1S/C60H40N2OS3/c63-60-51(44-18-8-3-9-19-44)37-49(61(45-28-24-42(25-29-45)40-14-4-1-5-15-40)48-33-35-58-59(39-48)66-57-23-13-12-22-56(57)65-58)38-53(60)62(46-30-26-43(27-31-46)41-16-6-2-7-17-41)47-32-34-55-52(36-47)50-20-10-11-21-54(50)64-55/h1-39,63H. The van der Waals surface area contributed by atoms with E-state index in [1.54, 1.807) is 11.3 Å². The van der Waals surface area contributed by atoms with Crippen LogP contribution in [0, 0.1) is 0 Å². The van der Waals surface area contributed by atoms with Crippen molar-refractivity contribution in [3.63, 3.8) is 0 Å². The van der Waals surface area contributed by atoms with Crippen LogP contribution in [0.1, 0.15) is 0 Å². The summed E-state index contributed by atoms with van der Waals surface area (Å²) in [6, 6.07) is 83.8. The fraction of sp³-hybridized carbons (Fsp3) is 0. The highest BCUT2D eigenvalue weighted by atomic mass is 32.2. The van der Waals surface area contributed by atoms with E-state index in [-0.39, 0.29) is 5.75 Å². The van der Waals surface area contributed by atoms with E-state index >= 15 is 0 Å². The molecule has 1 aliphatic heterocycles. The van der Waals surface area contributed by atoms with E-state index in [1.807, 2.05) is 47.8 Å². The molecule has 6 heteroatoms. The van der Waals surface area contributed by atoms with Crippen LogP contribution in [0.5, 0.6) is 5.75 Å². The molecule has 0 amide bonds. The summed E-state index contributed by atoms with van der Waals surface area (Å²) in [7, 11) is 0. The van der Waals surface area contributed by atoms with Crippen molar-refractivity contribution in [2.24, 2.45) is 0 Å². The van der Waals surface area contributed by atoms with Gasteiger partial charge in [0.1, 0.15) is 5.75 Å². The molecule has 0 spiro atoms. The van der Waals surface area contributed by atoms with E-state index in [4.69, 9.17) is 0 Å². The Morgan fingerprint density at radius 2 is 0.773 bits per heavy atom. The average Bonchev–Trinajstić information content (AvgIpc) is 3.76. The second-order valence-corrected chi connectivity index (χ2v) is 19.5. The van der Waals surface area contributed by atoms with Gasteiger partial charge in [0.15, 0.2) is 0 Å². The third-order valence-corrected chi connectivity index (χ3v) is 15.9. The molecule has 10 aromatic carbocycles. The molecule has 1 N–H and O–H groups in total. The van der Waals surface area contributed by atoms with Gasteiger partial charge in [-0.05, 0) is 119 Å². The van der Waals surface area contributed by atoms with Gasteiger partial charge in [0.05, 0.1) is 5.69 Å². The number of thiophene rings is 1. The van der Waals surface area contributed by atoms with Gasteiger partial charge in [0.25, 0.3) is 0 Å². The Morgan fingerprint density at radius 1 is 0.303 bits per heavy atom. The molecule has 11 aromatic rings. The van der Waals surface area contributed by atoms with Gasteiger partial charge >= 0.3 is 0 Å². The topological polar surface area (TPSA) is 26.7 Å². The first-order chi connectivity index (χ1) is 32.6. The lowest BCUT2D eigenvalue weighted by Gasteiger charge is -2.32. The van der Waals surface area contributed by atoms with Crippen molar-refractivity contribution >= 4 is 89.2 Å². The van der Waals surface area contributed by atoms with Crippen LogP contribution in [0.15, 0.2) is 256 Å². The summed E-state index contributed by atoms with van der Waals surface area (Å²) in [6.45, 7) is 0. The Bertz CT molecular complexity index is 3540. The van der Waals surface area contributed by atoms with Crippen LogP contribution in [0.4, 0.5) is 34.1 Å². The second kappa shape index (κ2) is 17.1. The van der Waals surface area contributed by atoms with Gasteiger partial charge in [-0.15, -0.1) is 11.3 Å². The fourth-order valence-electron chi connectivity index (χ4n) is 8.99. The summed E-state index contributed by atoms with van der Waals surface area (Å²) in [5.41, 5.74) is 11.7. The van der Waals surface area contributed by atoms with Gasteiger partial charge in [-0.3, -0.25) is 0 Å². The molecule has 0 atom stereocenters. The first kappa shape index (κ1) is 40.1. The Balaban J connectivity index is 1.09. The predicted octanol–water partition coefficient (Wildman–Crippen LogP) is 18.3. The normalized spacial score (nSPS) is 11.9. The zero-order valence-corrected chi connectivity index (χ0v) is 38.0. The Hall–Kier alpha value is -7.48. The maximum atomic E-state index is 12.9. The predicted molar refractivity (Wildman–Crippen MR) is 281 cm³/mol. The molecule has 1 aliphatic rings. The van der Waals surface area contributed by atoms with E-state index in [1.165, 1.54) is 45.3 Å². The Labute approximate surface area is 396 Å². The Morgan fingerprint density at radius 3 is 1.42 bits per heavy atom. The maximum Gasteiger partial charge on any atom is 0.147 e. The molecular formula is C60H40N2OS3. The minimum absolute atomic E-state index is 0.195. The number of benzene rings is 10. The number of phenols is 1. The van der Waals surface area contributed by atoms with Crippen molar-refractivity contribution in [3.05, 3.63) is 237 Å². The van der Waals surface area contributed by atoms with Crippen LogP contribution in [-0.2, 0) is 0 Å². The summed E-state index contributed by atoms with van der Waals surface area (Å²) in [4.78, 5) is 9.53. The van der Waals surface area contributed by atoms with Crippen molar-refractivity contribution < 1.29 is 5.11 Å². The number of fused-ring (bicyclic) bond motifs is 5. The van der Waals surface area contributed by atoms with Gasteiger partial charge in [-0.2, -0.15) is 0 Å². The van der Waals surface area contributed by atoms with Crippen LogP contribution in [-0.4, -0.2) is 5.11 Å². The van der Waals surface area contributed by atoms with Crippen molar-refractivity contribution in [2.75, 3.05) is 9.80 Å². The van der Waals surface area contributed by atoms with Gasteiger partial charge in [0, 0.05) is 73.8 Å². The summed E-state index contributed by atoms with van der Waals surface area (Å²) in [6.07, 6.45) is 0. The highest BCUT2D eigenvalue weighted by Crippen LogP contribution is 2.53. The monoisotopic (exact) mass is 900 g/mol. The molecule has 314 valence electrons. The van der Waals surface area contributed by atoms with Crippen LogP contribution < -0.4 is 9.80 Å². The molecule has 2 heterocycles. The van der Waals surface area contributed by atoms with Crippen LogP contribution in [0.25, 0.3) is 53.6 Å². The zero-order valence-electron chi connectivity index (χ0n) is 35.6. The summed E-state index contributed by atoms with van der Waals surface area (Å²) in [5.74, 6) is 0.195. The van der Waals surface area contributed by atoms with Crippen molar-refractivity contribution in [2.45, 2.75) is 19.6 Å². The van der Waals surface area contributed by atoms with E-state index in [0.717, 1.165) is 56.3 Å². The molecule has 3 nitrogen and oxygen atoms in total. The van der Waals surface area contributed by atoms with E-state index in [9.17, 15) is 5.11 Å². The van der Waals surface area contributed by atoms with Gasteiger partial charge in [-0.1, -0.05) is 169 Å².